The van der Waals surface area contributed by atoms with Crippen LogP contribution in [0.2, 0.25) is 5.02 Å². The number of imide groups is 1. The lowest BCUT2D eigenvalue weighted by atomic mass is 10.1. The number of amides is 2. The zero-order chi connectivity index (χ0) is 16.6. The summed E-state index contributed by atoms with van der Waals surface area (Å²) in [6.07, 6.45) is 0.122. The lowest BCUT2D eigenvalue weighted by Gasteiger charge is -2.17. The molecule has 1 aliphatic rings. The Kier molecular flexibility index (Phi) is 4.09. The molecule has 118 valence electrons. The van der Waals surface area contributed by atoms with E-state index in [4.69, 9.17) is 11.6 Å². The van der Waals surface area contributed by atoms with Gasteiger partial charge < -0.3 is 5.32 Å². The van der Waals surface area contributed by atoms with E-state index < -0.39 is 6.04 Å². The molecule has 23 heavy (non-hydrogen) atoms. The number of carbonyl (C=O) groups excluding carboxylic acids is 2. The number of para-hydroxylation sites is 1. The second-order valence-corrected chi connectivity index (χ2v) is 6.13. The van der Waals surface area contributed by atoms with Crippen LogP contribution in [0.3, 0.4) is 0 Å². The van der Waals surface area contributed by atoms with Crippen molar-refractivity contribution in [2.24, 2.45) is 0 Å². The number of rotatable bonds is 3. The highest BCUT2D eigenvalue weighted by Gasteiger charge is 2.40. The molecule has 1 saturated heterocycles. The molecule has 5 heteroatoms. The van der Waals surface area contributed by atoms with E-state index in [-0.39, 0.29) is 18.2 Å². The number of aryl methyl sites for hydroxylation is 2. The minimum Gasteiger partial charge on any atom is -0.373 e. The maximum atomic E-state index is 12.6. The smallest absolute Gasteiger partial charge is 0.256 e. The number of nitrogens with one attached hydrogen (secondary N) is 1. The lowest BCUT2D eigenvalue weighted by molar-refractivity contribution is -0.121. The third-order valence-corrected chi connectivity index (χ3v) is 4.41. The maximum Gasteiger partial charge on any atom is 0.256 e. The van der Waals surface area contributed by atoms with Crippen molar-refractivity contribution in [3.05, 3.63) is 58.6 Å². The van der Waals surface area contributed by atoms with E-state index in [9.17, 15) is 9.59 Å². The van der Waals surface area contributed by atoms with Crippen molar-refractivity contribution in [3.63, 3.8) is 0 Å². The van der Waals surface area contributed by atoms with Crippen LogP contribution in [0.1, 0.15) is 17.5 Å². The molecule has 3 rings (SSSR count). The van der Waals surface area contributed by atoms with Gasteiger partial charge in [-0.3, -0.25) is 9.59 Å². The van der Waals surface area contributed by atoms with E-state index in [1.807, 2.05) is 32.0 Å². The summed E-state index contributed by atoms with van der Waals surface area (Å²) in [5, 5.41) is 3.54. The van der Waals surface area contributed by atoms with Gasteiger partial charge in [0.05, 0.1) is 17.1 Å². The average Bonchev–Trinajstić information content (AvgIpc) is 2.78. The summed E-state index contributed by atoms with van der Waals surface area (Å²) in [6, 6.07) is 12.2. The Bertz CT molecular complexity index is 788. The molecule has 1 atom stereocenters. The van der Waals surface area contributed by atoms with Crippen LogP contribution >= 0.6 is 11.6 Å². The van der Waals surface area contributed by atoms with Gasteiger partial charge in [-0.05, 0) is 49.2 Å². The number of halogens is 1. The van der Waals surface area contributed by atoms with Crippen molar-refractivity contribution in [3.8, 4) is 0 Å². The molecule has 2 amide bonds. The second kappa shape index (κ2) is 6.05. The zero-order valence-corrected chi connectivity index (χ0v) is 13.7. The first-order valence-electron chi connectivity index (χ1n) is 7.42. The monoisotopic (exact) mass is 328 g/mol. The standard InChI is InChI=1S/C18H17ClN2O2/c1-11-7-8-13(9-12(11)2)20-15-10-17(22)21(18(15)23)16-6-4-3-5-14(16)19/h3-9,15,20H,10H2,1-2H3/t15-/m1/s1. The third-order valence-electron chi connectivity index (χ3n) is 4.09. The van der Waals surface area contributed by atoms with E-state index in [2.05, 4.69) is 5.32 Å². The predicted molar refractivity (Wildman–Crippen MR) is 91.9 cm³/mol. The van der Waals surface area contributed by atoms with Crippen LogP contribution in [0, 0.1) is 13.8 Å². The molecule has 0 aliphatic carbocycles. The van der Waals surface area contributed by atoms with Crippen LogP contribution in [-0.2, 0) is 9.59 Å². The summed E-state index contributed by atoms with van der Waals surface area (Å²) < 4.78 is 0. The van der Waals surface area contributed by atoms with Gasteiger partial charge in [-0.15, -0.1) is 0 Å². The van der Waals surface area contributed by atoms with Crippen molar-refractivity contribution in [2.45, 2.75) is 26.3 Å². The number of hydrogen-bond acceptors (Lipinski definition) is 3. The Morgan fingerprint density at radius 1 is 1.09 bits per heavy atom. The number of carbonyl (C=O) groups is 2. The minimum atomic E-state index is -0.569. The Morgan fingerprint density at radius 3 is 2.52 bits per heavy atom. The third kappa shape index (κ3) is 2.94. The largest absolute Gasteiger partial charge is 0.373 e. The summed E-state index contributed by atoms with van der Waals surface area (Å²) in [6.45, 7) is 4.04. The number of benzene rings is 2. The molecule has 0 aromatic heterocycles. The Morgan fingerprint density at radius 2 is 1.83 bits per heavy atom. The minimum absolute atomic E-state index is 0.122. The first kappa shape index (κ1) is 15.6. The lowest BCUT2D eigenvalue weighted by Crippen LogP contribution is -2.35. The van der Waals surface area contributed by atoms with Gasteiger partial charge in [0.25, 0.3) is 5.91 Å². The second-order valence-electron chi connectivity index (χ2n) is 5.72. The Labute approximate surface area is 140 Å². The van der Waals surface area contributed by atoms with Crippen molar-refractivity contribution >= 4 is 34.8 Å². The van der Waals surface area contributed by atoms with Gasteiger partial charge in [-0.25, -0.2) is 4.90 Å². The molecule has 1 aliphatic heterocycles. The topological polar surface area (TPSA) is 49.4 Å². The van der Waals surface area contributed by atoms with Gasteiger partial charge in [-0.2, -0.15) is 0 Å². The number of hydrogen-bond donors (Lipinski definition) is 1. The maximum absolute atomic E-state index is 12.6. The molecule has 0 saturated carbocycles. The fourth-order valence-corrected chi connectivity index (χ4v) is 2.88. The Balaban J connectivity index is 1.84. The van der Waals surface area contributed by atoms with E-state index >= 15 is 0 Å². The zero-order valence-electron chi connectivity index (χ0n) is 13.0. The van der Waals surface area contributed by atoms with E-state index in [1.165, 1.54) is 10.5 Å². The average molecular weight is 329 g/mol. The molecule has 4 nitrogen and oxygen atoms in total. The summed E-state index contributed by atoms with van der Waals surface area (Å²) in [5.74, 6) is -0.522. The highest BCUT2D eigenvalue weighted by atomic mass is 35.5. The predicted octanol–water partition coefficient (Wildman–Crippen LogP) is 3.70. The molecule has 0 bridgehead atoms. The summed E-state index contributed by atoms with van der Waals surface area (Å²) in [4.78, 5) is 26.0. The molecule has 0 unspecified atom stereocenters. The first-order chi connectivity index (χ1) is 11.0. The van der Waals surface area contributed by atoms with Crippen LogP contribution in [-0.4, -0.2) is 17.9 Å². The summed E-state index contributed by atoms with van der Waals surface area (Å²) in [5.41, 5.74) is 3.59. The molecule has 2 aromatic rings. The molecule has 2 aromatic carbocycles. The number of anilines is 2. The SMILES string of the molecule is Cc1ccc(N[C@@H]2CC(=O)N(c3ccccc3Cl)C2=O)cc1C. The van der Waals surface area contributed by atoms with Crippen LogP contribution in [0.5, 0.6) is 0 Å². The molecule has 0 radical (unpaired) electrons. The van der Waals surface area contributed by atoms with Gasteiger partial charge in [0, 0.05) is 5.69 Å². The van der Waals surface area contributed by atoms with Crippen LogP contribution in [0.4, 0.5) is 11.4 Å². The highest BCUT2D eigenvalue weighted by molar-refractivity contribution is 6.36. The van der Waals surface area contributed by atoms with Crippen molar-refractivity contribution in [1.82, 2.24) is 0 Å². The van der Waals surface area contributed by atoms with Crippen molar-refractivity contribution in [1.29, 1.82) is 0 Å². The molecule has 0 spiro atoms. The van der Waals surface area contributed by atoms with Gasteiger partial charge in [-0.1, -0.05) is 29.8 Å². The van der Waals surface area contributed by atoms with Gasteiger partial charge in [0.2, 0.25) is 5.91 Å². The molecular formula is C18H17ClN2O2. The van der Waals surface area contributed by atoms with Gasteiger partial charge in [0.1, 0.15) is 6.04 Å². The van der Waals surface area contributed by atoms with Gasteiger partial charge >= 0.3 is 0 Å². The van der Waals surface area contributed by atoms with Gasteiger partial charge in [0.15, 0.2) is 0 Å². The van der Waals surface area contributed by atoms with Crippen LogP contribution in [0.25, 0.3) is 0 Å². The van der Waals surface area contributed by atoms with Crippen LogP contribution in [0.15, 0.2) is 42.5 Å². The highest BCUT2D eigenvalue weighted by Crippen LogP contribution is 2.30. The first-order valence-corrected chi connectivity index (χ1v) is 7.80. The fourth-order valence-electron chi connectivity index (χ4n) is 2.66. The van der Waals surface area contributed by atoms with Crippen LogP contribution < -0.4 is 10.2 Å². The van der Waals surface area contributed by atoms with Crippen molar-refractivity contribution in [2.75, 3.05) is 10.2 Å². The van der Waals surface area contributed by atoms with E-state index in [1.54, 1.807) is 24.3 Å². The molecule has 1 N–H and O–H groups in total. The molecular weight excluding hydrogens is 312 g/mol. The molecule has 1 fully saturated rings. The number of nitrogens with zero attached hydrogens (tertiary/aromatic N) is 1. The fraction of sp³-hybridized carbons (Fsp3) is 0.222. The molecule has 1 heterocycles. The van der Waals surface area contributed by atoms with E-state index in [0.29, 0.717) is 10.7 Å². The normalized spacial score (nSPS) is 17.7. The summed E-state index contributed by atoms with van der Waals surface area (Å²) >= 11 is 6.11. The van der Waals surface area contributed by atoms with Crippen molar-refractivity contribution < 1.29 is 9.59 Å². The van der Waals surface area contributed by atoms with E-state index in [0.717, 1.165) is 11.3 Å². The Hall–Kier alpha value is -2.33. The summed E-state index contributed by atoms with van der Waals surface area (Å²) in [7, 11) is 0. The quantitative estimate of drug-likeness (QED) is 0.874.